The topological polar surface area (TPSA) is 36.4 Å². The molecule has 0 bridgehead atoms. The van der Waals surface area contributed by atoms with Crippen molar-refractivity contribution in [3.05, 3.63) is 12.8 Å². The van der Waals surface area contributed by atoms with E-state index in [0.29, 0.717) is 5.82 Å². The smallest absolute Gasteiger partial charge is 0.114 e. The average molecular weight is 139 g/mol. The van der Waals surface area contributed by atoms with E-state index in [9.17, 15) is 0 Å². The van der Waals surface area contributed by atoms with Crippen LogP contribution in [0.3, 0.4) is 0 Å². The van der Waals surface area contributed by atoms with Crippen molar-refractivity contribution < 1.29 is 0 Å². The van der Waals surface area contributed by atoms with E-state index in [0.717, 1.165) is 5.84 Å². The number of nitrogens with one attached hydrogen (secondary N) is 2. The second kappa shape index (κ2) is 5.05. The van der Waals surface area contributed by atoms with Crippen LogP contribution < -0.4 is 10.9 Å². The lowest BCUT2D eigenvalue weighted by atomic mass is 9.89. The Hall–Kier alpha value is -0.765. The SMILES string of the molecule is BC(C)/C(=N\C=C)NNC. The molecule has 0 heterocycles. The van der Waals surface area contributed by atoms with E-state index in [1.54, 1.807) is 7.05 Å². The van der Waals surface area contributed by atoms with E-state index in [4.69, 9.17) is 0 Å². The number of nitrogens with zero attached hydrogens (tertiary/aromatic N) is 1. The highest BCUT2D eigenvalue weighted by Crippen LogP contribution is 1.96. The van der Waals surface area contributed by atoms with E-state index >= 15 is 0 Å². The zero-order valence-electron chi connectivity index (χ0n) is 6.81. The minimum Gasteiger partial charge on any atom is -0.310 e. The summed E-state index contributed by atoms with van der Waals surface area (Å²) >= 11 is 0. The first kappa shape index (κ1) is 9.23. The average Bonchev–Trinajstić information content (AvgIpc) is 1.87. The minimum absolute atomic E-state index is 0.394. The molecule has 0 saturated heterocycles. The molecule has 0 spiro atoms. The molecule has 0 aromatic heterocycles. The van der Waals surface area contributed by atoms with E-state index < -0.39 is 0 Å². The molecule has 0 saturated carbocycles. The maximum atomic E-state index is 4.02. The lowest BCUT2D eigenvalue weighted by Crippen LogP contribution is -2.36. The second-order valence-electron chi connectivity index (χ2n) is 2.23. The van der Waals surface area contributed by atoms with Gasteiger partial charge >= 0.3 is 0 Å². The molecule has 0 aliphatic rings. The van der Waals surface area contributed by atoms with Gasteiger partial charge in [0.2, 0.25) is 0 Å². The Morgan fingerprint density at radius 3 is 2.70 bits per heavy atom. The molecule has 0 aliphatic carbocycles. The molecule has 0 amide bonds. The molecule has 0 fully saturated rings. The summed E-state index contributed by atoms with van der Waals surface area (Å²) in [6.07, 6.45) is 1.53. The Kier molecular flexibility index (Phi) is 4.67. The number of hydrogen-bond acceptors (Lipinski definition) is 2. The van der Waals surface area contributed by atoms with Crippen LogP contribution in [0.4, 0.5) is 0 Å². The van der Waals surface area contributed by atoms with Gasteiger partial charge in [0.25, 0.3) is 0 Å². The van der Waals surface area contributed by atoms with Gasteiger partial charge in [-0.05, 0) is 5.82 Å². The van der Waals surface area contributed by atoms with Crippen molar-refractivity contribution in [2.24, 2.45) is 4.99 Å². The van der Waals surface area contributed by atoms with Crippen molar-refractivity contribution in [3.8, 4) is 0 Å². The number of amidine groups is 1. The van der Waals surface area contributed by atoms with Gasteiger partial charge in [-0.15, -0.1) is 0 Å². The van der Waals surface area contributed by atoms with Gasteiger partial charge in [-0.25, -0.2) is 10.4 Å². The Bertz CT molecular complexity index is 131. The predicted molar refractivity (Wildman–Crippen MR) is 47.8 cm³/mol. The molecular formula is C6H14BN3. The number of hydrazine groups is 1. The fourth-order valence-electron chi connectivity index (χ4n) is 0.552. The summed E-state index contributed by atoms with van der Waals surface area (Å²) in [4.78, 5) is 4.02. The van der Waals surface area contributed by atoms with Crippen molar-refractivity contribution in [2.45, 2.75) is 12.7 Å². The molecule has 0 aliphatic heterocycles. The molecule has 1 atom stereocenters. The molecule has 10 heavy (non-hydrogen) atoms. The second-order valence-corrected chi connectivity index (χ2v) is 2.23. The van der Waals surface area contributed by atoms with Crippen molar-refractivity contribution in [3.63, 3.8) is 0 Å². The predicted octanol–water partition coefficient (Wildman–Crippen LogP) is -0.306. The molecule has 4 heteroatoms. The zero-order chi connectivity index (χ0) is 7.98. The summed E-state index contributed by atoms with van der Waals surface area (Å²) in [5, 5.41) is 0. The van der Waals surface area contributed by atoms with Gasteiger partial charge in [0.1, 0.15) is 13.7 Å². The molecule has 56 valence electrons. The van der Waals surface area contributed by atoms with E-state index in [1.165, 1.54) is 6.20 Å². The summed E-state index contributed by atoms with van der Waals surface area (Å²) in [6.45, 7) is 5.57. The molecule has 0 radical (unpaired) electrons. The zero-order valence-corrected chi connectivity index (χ0v) is 6.81. The Morgan fingerprint density at radius 1 is 1.80 bits per heavy atom. The third-order valence-corrected chi connectivity index (χ3v) is 1.03. The highest BCUT2D eigenvalue weighted by Gasteiger charge is 2.00. The summed E-state index contributed by atoms with van der Waals surface area (Å²) < 4.78 is 0. The van der Waals surface area contributed by atoms with Crippen LogP contribution in [0.2, 0.25) is 5.82 Å². The third kappa shape index (κ3) is 3.30. The molecule has 3 nitrogen and oxygen atoms in total. The molecule has 0 aromatic rings. The maximum Gasteiger partial charge on any atom is 0.114 e. The highest BCUT2D eigenvalue weighted by molar-refractivity contribution is 6.24. The number of hydrogen-bond donors (Lipinski definition) is 2. The molecule has 1 unspecified atom stereocenters. The summed E-state index contributed by atoms with van der Waals surface area (Å²) in [7, 11) is 3.87. The van der Waals surface area contributed by atoms with Crippen LogP contribution in [0.25, 0.3) is 0 Å². The van der Waals surface area contributed by atoms with Crippen molar-refractivity contribution in [2.75, 3.05) is 7.05 Å². The van der Waals surface area contributed by atoms with E-state index in [1.807, 2.05) is 0 Å². The van der Waals surface area contributed by atoms with Gasteiger partial charge in [-0.1, -0.05) is 13.5 Å². The molecule has 0 aromatic carbocycles. The van der Waals surface area contributed by atoms with Crippen molar-refractivity contribution in [1.29, 1.82) is 0 Å². The summed E-state index contributed by atoms with van der Waals surface area (Å²) in [6, 6.07) is 0. The standard InChI is InChI=1S/C6H14BN3/c1-4-9-6(5(2)7)10-8-3/h4-5,8H,1,7H2,2-3H3,(H,9,10). The number of aliphatic imine (C=N–C) groups is 1. The van der Waals surface area contributed by atoms with Crippen LogP contribution in [0.5, 0.6) is 0 Å². The summed E-state index contributed by atoms with van der Waals surface area (Å²) in [5.74, 6) is 1.29. The molecular weight excluding hydrogens is 125 g/mol. The Morgan fingerprint density at radius 2 is 2.40 bits per heavy atom. The largest absolute Gasteiger partial charge is 0.310 e. The van der Waals surface area contributed by atoms with Gasteiger partial charge in [-0.2, -0.15) is 0 Å². The van der Waals surface area contributed by atoms with Crippen LogP contribution in [-0.2, 0) is 0 Å². The monoisotopic (exact) mass is 139 g/mol. The quantitative estimate of drug-likeness (QED) is 0.243. The lowest BCUT2D eigenvalue weighted by Gasteiger charge is -2.09. The van der Waals surface area contributed by atoms with Crippen molar-refractivity contribution in [1.82, 2.24) is 10.9 Å². The van der Waals surface area contributed by atoms with Gasteiger partial charge < -0.3 is 5.43 Å². The normalized spacial score (nSPS) is 14.4. The first-order chi connectivity index (χ1) is 4.72. The van der Waals surface area contributed by atoms with Gasteiger partial charge in [-0.3, -0.25) is 0 Å². The molecule has 2 N–H and O–H groups in total. The fraction of sp³-hybridized carbons (Fsp3) is 0.500. The van der Waals surface area contributed by atoms with Gasteiger partial charge in [0.15, 0.2) is 0 Å². The fourth-order valence-corrected chi connectivity index (χ4v) is 0.552. The maximum absolute atomic E-state index is 4.02. The van der Waals surface area contributed by atoms with Crippen LogP contribution in [0, 0.1) is 0 Å². The van der Waals surface area contributed by atoms with Gasteiger partial charge in [0, 0.05) is 13.2 Å². The van der Waals surface area contributed by atoms with Crippen LogP contribution >= 0.6 is 0 Å². The Balaban J connectivity index is 3.97. The number of rotatable bonds is 3. The lowest BCUT2D eigenvalue weighted by molar-refractivity contribution is 0.754. The first-order valence-corrected chi connectivity index (χ1v) is 3.33. The molecule has 0 rings (SSSR count). The van der Waals surface area contributed by atoms with E-state index in [2.05, 4.69) is 37.2 Å². The van der Waals surface area contributed by atoms with Crippen LogP contribution in [-0.4, -0.2) is 20.7 Å². The van der Waals surface area contributed by atoms with Crippen LogP contribution in [0.15, 0.2) is 17.8 Å². The first-order valence-electron chi connectivity index (χ1n) is 3.33. The Labute approximate surface area is 63.0 Å². The third-order valence-electron chi connectivity index (χ3n) is 1.03. The minimum atomic E-state index is 0.394. The van der Waals surface area contributed by atoms with E-state index in [-0.39, 0.29) is 0 Å². The summed E-state index contributed by atoms with van der Waals surface area (Å²) in [5.41, 5.74) is 5.72. The van der Waals surface area contributed by atoms with Crippen LogP contribution in [0.1, 0.15) is 6.92 Å². The van der Waals surface area contributed by atoms with Gasteiger partial charge in [0.05, 0.1) is 0 Å². The highest BCUT2D eigenvalue weighted by atomic mass is 15.4. The van der Waals surface area contributed by atoms with Crippen molar-refractivity contribution >= 4 is 13.7 Å².